The number of rotatable bonds is 9. The molecule has 0 aliphatic rings. The van der Waals surface area contributed by atoms with E-state index in [1.807, 2.05) is 0 Å². The highest BCUT2D eigenvalue weighted by molar-refractivity contribution is 6.29. The van der Waals surface area contributed by atoms with Crippen LogP contribution in [0.1, 0.15) is 34.1 Å². The van der Waals surface area contributed by atoms with E-state index in [2.05, 4.69) is 315 Å². The van der Waals surface area contributed by atoms with E-state index in [9.17, 15) is 0 Å². The molecule has 0 aliphatic carbocycles. The summed E-state index contributed by atoms with van der Waals surface area (Å²) in [7, 11) is 0. The third-order valence-electron chi connectivity index (χ3n) is 20.8. The average Bonchev–Trinajstić information content (AvgIpc) is 0.845. The molecule has 0 heterocycles. The Labute approximate surface area is 520 Å². The van der Waals surface area contributed by atoms with E-state index in [-0.39, 0.29) is 11.8 Å². The Morgan fingerprint density at radius 1 is 0.133 bits per heavy atom. The van der Waals surface area contributed by atoms with Gasteiger partial charge in [-0.15, -0.1) is 0 Å². The van der Waals surface area contributed by atoms with Crippen LogP contribution in [0.2, 0.25) is 0 Å². The largest absolute Gasteiger partial charge is 0.0610 e. The molecule has 0 aromatic heterocycles. The van der Waals surface area contributed by atoms with Gasteiger partial charge in [-0.1, -0.05) is 315 Å². The van der Waals surface area contributed by atoms with Crippen molar-refractivity contribution in [2.75, 3.05) is 0 Å². The summed E-state index contributed by atoms with van der Waals surface area (Å²) in [6, 6.07) is 121. The fraction of sp³-hybridized carbons (Fsp3) is 0.0222. The zero-order valence-electron chi connectivity index (χ0n) is 49.2. The first-order valence-electron chi connectivity index (χ1n) is 31.7. The van der Waals surface area contributed by atoms with Gasteiger partial charge in [0.1, 0.15) is 0 Å². The van der Waals surface area contributed by atoms with Gasteiger partial charge in [0.2, 0.25) is 0 Å². The second kappa shape index (κ2) is 19.0. The molecule has 0 atom stereocenters. The van der Waals surface area contributed by atoms with Crippen LogP contribution in [0.5, 0.6) is 0 Å². The van der Waals surface area contributed by atoms with Crippen molar-refractivity contribution in [2.24, 2.45) is 0 Å². The second-order valence-corrected chi connectivity index (χ2v) is 25.3. The summed E-state index contributed by atoms with van der Waals surface area (Å²) in [6.07, 6.45) is 0. The summed E-state index contributed by atoms with van der Waals surface area (Å²) in [4.78, 5) is 0. The highest BCUT2D eigenvalue weighted by Crippen LogP contribution is 2.49. The van der Waals surface area contributed by atoms with Gasteiger partial charge in [-0.3, -0.25) is 0 Å². The molecule has 0 radical (unpaired) electrons. The van der Waals surface area contributed by atoms with Crippen LogP contribution in [0.3, 0.4) is 0 Å². The average molecular weight is 1140 g/mol. The maximum atomic E-state index is 2.43. The number of hydrogen-bond donors (Lipinski definition) is 0. The summed E-state index contributed by atoms with van der Waals surface area (Å²) in [5, 5.41) is 31.2. The van der Waals surface area contributed by atoms with E-state index in [1.165, 1.54) is 196 Å². The Bertz CT molecular complexity index is 5400. The van der Waals surface area contributed by atoms with E-state index in [4.69, 9.17) is 0 Å². The normalized spacial score (nSPS) is 12.4. The fourth-order valence-corrected chi connectivity index (χ4v) is 16.6. The molecule has 0 aliphatic heterocycles. The molecule has 20 aromatic carbocycles. The summed E-state index contributed by atoms with van der Waals surface area (Å²) in [5.74, 6) is -0.145. The summed E-state index contributed by atoms with van der Waals surface area (Å²) in [5.41, 5.74) is 14.9. The van der Waals surface area contributed by atoms with Crippen LogP contribution >= 0.6 is 0 Å². The van der Waals surface area contributed by atoms with Crippen molar-refractivity contribution in [3.63, 3.8) is 0 Å². The standard InChI is InChI=1S/C90H54/c1-5-57-29-33-69-37-45-73(77-49-41-61(9-1)83(57)87(69)77)53-13-21-65(22-14-53)81(66-23-15-54(16-24-66)74-46-38-70-34-30-58-6-2-10-62-42-50-78(74)88(70)84(58)62)82(67-25-17-55(18-26-67)75-47-39-71-35-31-59-7-3-11-63-43-51-79(75)89(71)85(59)63)68-27-19-56(20-28-68)76-48-40-72-36-32-60-8-4-12-64-44-52-80(76)90(72)86(60)64/h1-52,81-82H. The van der Waals surface area contributed by atoms with Gasteiger partial charge < -0.3 is 0 Å². The van der Waals surface area contributed by atoms with Gasteiger partial charge in [0.05, 0.1) is 0 Å². The number of benzene rings is 20. The van der Waals surface area contributed by atoms with Gasteiger partial charge in [-0.05, 0) is 196 Å². The van der Waals surface area contributed by atoms with E-state index in [0.29, 0.717) is 0 Å². The van der Waals surface area contributed by atoms with Gasteiger partial charge in [0, 0.05) is 11.8 Å². The van der Waals surface area contributed by atoms with Gasteiger partial charge >= 0.3 is 0 Å². The Hall–Kier alpha value is -11.4. The Morgan fingerprint density at radius 3 is 0.500 bits per heavy atom. The third kappa shape index (κ3) is 7.31. The topological polar surface area (TPSA) is 0 Å². The van der Waals surface area contributed by atoms with Crippen molar-refractivity contribution in [1.29, 1.82) is 0 Å². The zero-order chi connectivity index (χ0) is 58.7. The quantitative estimate of drug-likeness (QED) is 0.126. The minimum Gasteiger partial charge on any atom is -0.0610 e. The van der Waals surface area contributed by atoms with Crippen LogP contribution in [-0.4, -0.2) is 0 Å². The maximum Gasteiger partial charge on any atom is 0.0199 e. The molecule has 414 valence electrons. The molecule has 90 heavy (non-hydrogen) atoms. The maximum absolute atomic E-state index is 2.43. The van der Waals surface area contributed by atoms with Gasteiger partial charge in [0.15, 0.2) is 0 Å². The SMILES string of the molecule is c1cc2ccc3ccc(-c4ccc(C(c5ccc(-c6ccc7ccc8cccc9ccc6c7c89)cc5)C(c5ccc(-c6ccc7ccc8cccc9ccc6c7c89)cc5)c5ccc(-c6ccc7ccc8cccc9ccc6c7c89)cc5)cc4)c4ccc(c1)c2c34. The van der Waals surface area contributed by atoms with Crippen molar-refractivity contribution in [3.8, 4) is 44.5 Å². The van der Waals surface area contributed by atoms with Crippen molar-refractivity contribution in [3.05, 3.63) is 338 Å². The van der Waals surface area contributed by atoms with Crippen molar-refractivity contribution in [1.82, 2.24) is 0 Å². The minimum atomic E-state index is -0.0726. The molecular formula is C90H54. The highest BCUT2D eigenvalue weighted by Gasteiger charge is 2.30. The van der Waals surface area contributed by atoms with E-state index in [0.717, 1.165) is 0 Å². The van der Waals surface area contributed by atoms with Gasteiger partial charge in [-0.2, -0.15) is 0 Å². The van der Waals surface area contributed by atoms with Crippen molar-refractivity contribution in [2.45, 2.75) is 11.8 Å². The van der Waals surface area contributed by atoms with Crippen LogP contribution < -0.4 is 0 Å². The third-order valence-corrected chi connectivity index (χ3v) is 20.8. The van der Waals surface area contributed by atoms with Crippen molar-refractivity contribution >= 4 is 129 Å². The van der Waals surface area contributed by atoms with E-state index >= 15 is 0 Å². The molecule has 0 N–H and O–H groups in total. The molecule has 0 bridgehead atoms. The molecule has 0 unspecified atom stereocenters. The summed E-state index contributed by atoms with van der Waals surface area (Å²) < 4.78 is 0. The van der Waals surface area contributed by atoms with Gasteiger partial charge in [0.25, 0.3) is 0 Å². The number of hydrogen-bond acceptors (Lipinski definition) is 0. The van der Waals surface area contributed by atoms with Crippen LogP contribution in [0, 0.1) is 0 Å². The fourth-order valence-electron chi connectivity index (χ4n) is 16.6. The predicted octanol–water partition coefficient (Wildman–Crippen LogP) is 24.9. The molecule has 0 fully saturated rings. The molecule has 20 aromatic rings. The lowest BCUT2D eigenvalue weighted by Gasteiger charge is -2.30. The zero-order valence-corrected chi connectivity index (χ0v) is 49.2. The van der Waals surface area contributed by atoms with E-state index in [1.54, 1.807) is 0 Å². The van der Waals surface area contributed by atoms with Crippen LogP contribution in [0.4, 0.5) is 0 Å². The molecule has 20 rings (SSSR count). The Morgan fingerprint density at radius 2 is 0.300 bits per heavy atom. The molecule has 0 nitrogen and oxygen atoms in total. The molecule has 0 heteroatoms. The van der Waals surface area contributed by atoms with E-state index < -0.39 is 0 Å². The molecule has 0 spiro atoms. The smallest absolute Gasteiger partial charge is 0.0199 e. The van der Waals surface area contributed by atoms with Crippen LogP contribution in [0.25, 0.3) is 174 Å². The minimum absolute atomic E-state index is 0.0726. The Balaban J connectivity index is 0.773. The first-order chi connectivity index (χ1) is 44.6. The monoisotopic (exact) mass is 1130 g/mol. The summed E-state index contributed by atoms with van der Waals surface area (Å²) >= 11 is 0. The van der Waals surface area contributed by atoms with Crippen LogP contribution in [-0.2, 0) is 0 Å². The first kappa shape index (κ1) is 49.7. The first-order valence-corrected chi connectivity index (χ1v) is 31.7. The lowest BCUT2D eigenvalue weighted by molar-refractivity contribution is 0.694. The highest BCUT2D eigenvalue weighted by atomic mass is 14.3. The molecule has 0 saturated carbocycles. The van der Waals surface area contributed by atoms with Gasteiger partial charge in [-0.25, -0.2) is 0 Å². The molecule has 0 amide bonds. The lowest BCUT2D eigenvalue weighted by atomic mass is 9.73. The molecular weight excluding hydrogens is 1080 g/mol. The van der Waals surface area contributed by atoms with Crippen LogP contribution in [0.15, 0.2) is 315 Å². The molecule has 0 saturated heterocycles. The Kier molecular flexibility index (Phi) is 10.5. The van der Waals surface area contributed by atoms with Crippen molar-refractivity contribution < 1.29 is 0 Å². The summed E-state index contributed by atoms with van der Waals surface area (Å²) in [6.45, 7) is 0. The predicted molar refractivity (Wildman–Crippen MR) is 386 cm³/mol. The second-order valence-electron chi connectivity index (χ2n) is 25.3. The lowest BCUT2D eigenvalue weighted by Crippen LogP contribution is -2.15.